The first kappa shape index (κ1) is 18.2. The lowest BCUT2D eigenvalue weighted by atomic mass is 9.98. The number of nitrogens with zero attached hydrogens (tertiary/aromatic N) is 2. The van der Waals surface area contributed by atoms with Gasteiger partial charge in [0.25, 0.3) is 5.69 Å². The molecule has 0 N–H and O–H groups in total. The van der Waals surface area contributed by atoms with Crippen LogP contribution >= 0.6 is 22.6 Å². The lowest BCUT2D eigenvalue weighted by Crippen LogP contribution is -2.64. The van der Waals surface area contributed by atoms with E-state index in [2.05, 4.69) is 0 Å². The standard InChI is InChI=1S/C15H15IN2O6S/c1-15(2)11(17-12(19)10(16)13(17)25(15)23)14(20)24-7-8-3-5-9(6-4-8)18(21)22/h3-6,10-11,13H,7H2,1-2H3/t10-,11-,13+,25-/m0/s1. The van der Waals surface area contributed by atoms with Crippen LogP contribution in [0.1, 0.15) is 19.4 Å². The Labute approximate surface area is 159 Å². The number of nitro benzene ring substituents is 1. The molecule has 1 aromatic carbocycles. The van der Waals surface area contributed by atoms with Crippen molar-refractivity contribution in [3.05, 3.63) is 39.9 Å². The van der Waals surface area contributed by atoms with Crippen LogP contribution in [0.4, 0.5) is 5.69 Å². The molecule has 0 saturated carbocycles. The molecule has 0 spiro atoms. The quantitative estimate of drug-likeness (QED) is 0.162. The first-order valence-corrected chi connectivity index (χ1v) is 9.89. The van der Waals surface area contributed by atoms with Crippen LogP contribution in [0.15, 0.2) is 24.3 Å². The zero-order valence-electron chi connectivity index (χ0n) is 13.4. The molecular formula is C15H15IN2O6S. The van der Waals surface area contributed by atoms with E-state index in [0.717, 1.165) is 0 Å². The summed E-state index contributed by atoms with van der Waals surface area (Å²) in [5.41, 5.74) is 0.540. The van der Waals surface area contributed by atoms with E-state index in [-0.39, 0.29) is 22.1 Å². The number of non-ortho nitro benzene ring substituents is 1. The molecule has 2 saturated heterocycles. The van der Waals surface area contributed by atoms with E-state index in [1.807, 2.05) is 22.6 Å². The molecule has 0 unspecified atom stereocenters. The number of carbonyl (C=O) groups is 2. The minimum absolute atomic E-state index is 0.0514. The first-order chi connectivity index (χ1) is 11.7. The number of benzene rings is 1. The zero-order valence-corrected chi connectivity index (χ0v) is 16.4. The second kappa shape index (κ2) is 6.31. The Morgan fingerprint density at radius 1 is 1.40 bits per heavy atom. The predicted octanol–water partition coefficient (Wildman–Crippen LogP) is 1.52. The highest BCUT2D eigenvalue weighted by Crippen LogP contribution is 2.46. The molecule has 2 fully saturated rings. The Morgan fingerprint density at radius 2 is 2.00 bits per heavy atom. The molecule has 3 rings (SSSR count). The number of alkyl halides is 1. The van der Waals surface area contributed by atoms with E-state index in [4.69, 9.17) is 4.74 Å². The summed E-state index contributed by atoms with van der Waals surface area (Å²) in [6, 6.07) is 4.76. The summed E-state index contributed by atoms with van der Waals surface area (Å²) in [5.74, 6) is -0.822. The summed E-state index contributed by atoms with van der Waals surface area (Å²) in [6.07, 6.45) is 0. The molecule has 1 amide bonds. The molecule has 0 radical (unpaired) electrons. The van der Waals surface area contributed by atoms with Crippen molar-refractivity contribution in [3.8, 4) is 0 Å². The molecule has 4 atom stereocenters. The minimum atomic E-state index is -1.36. The van der Waals surface area contributed by atoms with Gasteiger partial charge >= 0.3 is 5.97 Å². The Morgan fingerprint density at radius 3 is 2.56 bits per heavy atom. The van der Waals surface area contributed by atoms with Crippen LogP contribution < -0.4 is 0 Å². The van der Waals surface area contributed by atoms with Crippen molar-refractivity contribution < 1.29 is 23.5 Å². The SMILES string of the molecule is CC1(C)[C@H](C(=O)OCc2ccc([N+](=O)[O-])cc2)N2C(=O)[C@H](I)[C@H]2[S@@]1=O. The molecule has 1 aromatic rings. The van der Waals surface area contributed by atoms with Gasteiger partial charge in [-0.3, -0.25) is 19.1 Å². The van der Waals surface area contributed by atoms with Crippen LogP contribution in [-0.2, 0) is 31.7 Å². The van der Waals surface area contributed by atoms with Crippen LogP contribution in [0.5, 0.6) is 0 Å². The number of esters is 1. The highest BCUT2D eigenvalue weighted by Gasteiger charge is 2.67. The topological polar surface area (TPSA) is 107 Å². The molecule has 25 heavy (non-hydrogen) atoms. The predicted molar refractivity (Wildman–Crippen MR) is 97.3 cm³/mol. The largest absolute Gasteiger partial charge is 0.459 e. The number of hydrogen-bond donors (Lipinski definition) is 0. The van der Waals surface area contributed by atoms with E-state index in [0.29, 0.717) is 5.56 Å². The number of β-lactam (4-membered cyclic amide) rings is 1. The molecule has 2 aliphatic heterocycles. The van der Waals surface area contributed by atoms with Gasteiger partial charge in [0, 0.05) is 12.1 Å². The third-order valence-corrected chi connectivity index (χ3v) is 8.34. The van der Waals surface area contributed by atoms with Gasteiger partial charge in [-0.2, -0.15) is 0 Å². The Hall–Kier alpha value is -1.56. The van der Waals surface area contributed by atoms with Crippen molar-refractivity contribution in [1.29, 1.82) is 0 Å². The number of carbonyl (C=O) groups excluding carboxylic acids is 2. The monoisotopic (exact) mass is 478 g/mol. The van der Waals surface area contributed by atoms with E-state index in [9.17, 15) is 23.9 Å². The average Bonchev–Trinajstić information content (AvgIpc) is 2.77. The number of fused-ring (bicyclic) bond motifs is 1. The van der Waals surface area contributed by atoms with Crippen LogP contribution in [0, 0.1) is 10.1 Å². The third kappa shape index (κ3) is 2.84. The van der Waals surface area contributed by atoms with Crippen molar-refractivity contribution in [2.75, 3.05) is 0 Å². The van der Waals surface area contributed by atoms with Crippen LogP contribution in [-0.4, -0.2) is 46.0 Å². The Bertz CT molecular complexity index is 781. The highest BCUT2D eigenvalue weighted by molar-refractivity contribution is 14.1. The summed E-state index contributed by atoms with van der Waals surface area (Å²) in [7, 11) is -1.36. The van der Waals surface area contributed by atoms with Gasteiger partial charge < -0.3 is 9.64 Å². The minimum Gasteiger partial charge on any atom is -0.459 e. The maximum atomic E-state index is 12.6. The molecule has 0 aliphatic carbocycles. The van der Waals surface area contributed by atoms with Gasteiger partial charge in [0.05, 0.1) is 20.5 Å². The molecule has 2 heterocycles. The molecule has 0 aromatic heterocycles. The van der Waals surface area contributed by atoms with Gasteiger partial charge in [-0.15, -0.1) is 0 Å². The van der Waals surface area contributed by atoms with Gasteiger partial charge in [0.2, 0.25) is 5.91 Å². The van der Waals surface area contributed by atoms with E-state index in [1.165, 1.54) is 29.2 Å². The smallest absolute Gasteiger partial charge is 0.330 e. The average molecular weight is 478 g/mol. The fourth-order valence-electron chi connectivity index (χ4n) is 3.04. The van der Waals surface area contributed by atoms with Crippen LogP contribution in [0.3, 0.4) is 0 Å². The van der Waals surface area contributed by atoms with Crippen LogP contribution in [0.25, 0.3) is 0 Å². The molecular weight excluding hydrogens is 463 g/mol. The number of halogens is 1. The van der Waals surface area contributed by atoms with Crippen molar-refractivity contribution >= 4 is 51.0 Å². The van der Waals surface area contributed by atoms with E-state index in [1.54, 1.807) is 13.8 Å². The fourth-order valence-corrected chi connectivity index (χ4v) is 6.32. The molecule has 10 heteroatoms. The van der Waals surface area contributed by atoms with Gasteiger partial charge in [-0.1, -0.05) is 22.6 Å². The number of nitro groups is 1. The maximum absolute atomic E-state index is 12.6. The number of hydrogen-bond acceptors (Lipinski definition) is 6. The summed E-state index contributed by atoms with van der Waals surface area (Å²) in [4.78, 5) is 36.1. The third-order valence-electron chi connectivity index (χ3n) is 4.44. The van der Waals surface area contributed by atoms with Gasteiger partial charge in [0.15, 0.2) is 0 Å². The van der Waals surface area contributed by atoms with Crippen molar-refractivity contribution in [2.45, 2.75) is 40.5 Å². The first-order valence-electron chi connectivity index (χ1n) is 7.43. The van der Waals surface area contributed by atoms with Gasteiger partial charge in [0.1, 0.15) is 21.9 Å². The molecule has 8 nitrogen and oxygen atoms in total. The lowest BCUT2D eigenvalue weighted by molar-refractivity contribution is -0.384. The Balaban J connectivity index is 1.71. The second-order valence-corrected chi connectivity index (χ2v) is 9.84. The number of rotatable bonds is 4. The number of amides is 1. The molecule has 2 aliphatic rings. The highest BCUT2D eigenvalue weighted by atomic mass is 127. The summed E-state index contributed by atoms with van der Waals surface area (Å²) < 4.78 is 16.6. The van der Waals surface area contributed by atoms with Gasteiger partial charge in [-0.05, 0) is 31.5 Å². The summed E-state index contributed by atoms with van der Waals surface area (Å²) in [5, 5.41) is 10.2. The zero-order chi connectivity index (χ0) is 18.5. The van der Waals surface area contributed by atoms with Crippen molar-refractivity contribution in [3.63, 3.8) is 0 Å². The molecule has 134 valence electrons. The second-order valence-electron chi connectivity index (χ2n) is 6.37. The van der Waals surface area contributed by atoms with E-state index < -0.39 is 37.9 Å². The summed E-state index contributed by atoms with van der Waals surface area (Å²) >= 11 is 1.95. The van der Waals surface area contributed by atoms with Gasteiger partial charge in [-0.25, -0.2) is 4.79 Å². The summed E-state index contributed by atoms with van der Waals surface area (Å²) in [6.45, 7) is 3.31. The van der Waals surface area contributed by atoms with Crippen molar-refractivity contribution in [1.82, 2.24) is 4.90 Å². The lowest BCUT2D eigenvalue weighted by Gasteiger charge is -2.40. The fraction of sp³-hybridized carbons (Fsp3) is 0.467. The maximum Gasteiger partial charge on any atom is 0.330 e. The molecule has 0 bridgehead atoms. The van der Waals surface area contributed by atoms with Crippen LogP contribution in [0.2, 0.25) is 0 Å². The van der Waals surface area contributed by atoms with E-state index >= 15 is 0 Å². The Kier molecular flexibility index (Phi) is 4.60. The number of ether oxygens (including phenoxy) is 1. The normalized spacial score (nSPS) is 29.7. The van der Waals surface area contributed by atoms with Crippen molar-refractivity contribution in [2.24, 2.45) is 0 Å².